The van der Waals surface area contributed by atoms with E-state index >= 15 is 0 Å². The molecule has 0 amide bonds. The molecule has 0 aliphatic heterocycles. The Morgan fingerprint density at radius 2 is 1.86 bits per heavy atom. The van der Waals surface area contributed by atoms with Gasteiger partial charge in [-0.05, 0) is 24.7 Å². The number of nitrogens with zero attached hydrogens (tertiary/aromatic N) is 1. The standard InChI is InChI=1S/C8H16N2O4/c9-14-8-2-6(4-12)5(3-11)1-7(8)10-13/h5-8,11-12H,1-4,9H2. The Bertz CT molecular complexity index is 190. The van der Waals surface area contributed by atoms with Crippen molar-refractivity contribution in [1.82, 2.24) is 0 Å². The SMILES string of the molecule is NOC1CC(CO)C(CO)CC1N=O. The van der Waals surface area contributed by atoms with Crippen LogP contribution in [0.1, 0.15) is 12.8 Å². The van der Waals surface area contributed by atoms with Crippen LogP contribution in [0, 0.1) is 16.7 Å². The molecule has 0 aromatic carbocycles. The Kier molecular flexibility index (Phi) is 4.40. The highest BCUT2D eigenvalue weighted by Gasteiger charge is 2.37. The number of aliphatic hydroxyl groups is 2. The van der Waals surface area contributed by atoms with Gasteiger partial charge in [0.2, 0.25) is 0 Å². The predicted molar refractivity (Wildman–Crippen MR) is 49.0 cm³/mol. The van der Waals surface area contributed by atoms with Crippen molar-refractivity contribution >= 4 is 0 Å². The largest absolute Gasteiger partial charge is 0.396 e. The van der Waals surface area contributed by atoms with Crippen LogP contribution in [0.25, 0.3) is 0 Å². The molecule has 0 saturated heterocycles. The van der Waals surface area contributed by atoms with Gasteiger partial charge in [0, 0.05) is 13.2 Å². The first kappa shape index (κ1) is 11.5. The smallest absolute Gasteiger partial charge is 0.120 e. The molecular weight excluding hydrogens is 188 g/mol. The van der Waals surface area contributed by atoms with Crippen LogP contribution in [0.15, 0.2) is 5.18 Å². The molecule has 1 aliphatic rings. The number of nitroso groups, excluding NO2 is 1. The molecule has 0 aromatic heterocycles. The first-order chi connectivity index (χ1) is 6.76. The minimum Gasteiger partial charge on any atom is -0.396 e. The lowest BCUT2D eigenvalue weighted by molar-refractivity contribution is -0.0391. The number of aliphatic hydroxyl groups excluding tert-OH is 2. The second-order valence-electron chi connectivity index (χ2n) is 3.70. The molecule has 6 heteroatoms. The third-order valence-electron chi connectivity index (χ3n) is 2.95. The zero-order chi connectivity index (χ0) is 10.6. The molecule has 4 unspecified atom stereocenters. The molecule has 0 radical (unpaired) electrons. The maximum atomic E-state index is 10.5. The average Bonchev–Trinajstić information content (AvgIpc) is 2.26. The van der Waals surface area contributed by atoms with Gasteiger partial charge in [0.1, 0.15) is 12.1 Å². The van der Waals surface area contributed by atoms with E-state index in [9.17, 15) is 4.91 Å². The van der Waals surface area contributed by atoms with Crippen molar-refractivity contribution in [2.24, 2.45) is 22.9 Å². The second kappa shape index (κ2) is 5.35. The second-order valence-corrected chi connectivity index (χ2v) is 3.70. The zero-order valence-corrected chi connectivity index (χ0v) is 7.87. The molecule has 0 spiro atoms. The van der Waals surface area contributed by atoms with Crippen molar-refractivity contribution in [3.05, 3.63) is 4.91 Å². The molecular formula is C8H16N2O4. The Morgan fingerprint density at radius 1 is 1.29 bits per heavy atom. The van der Waals surface area contributed by atoms with Gasteiger partial charge >= 0.3 is 0 Å². The minimum absolute atomic E-state index is 0.0311. The first-order valence-electron chi connectivity index (χ1n) is 4.66. The highest BCUT2D eigenvalue weighted by Crippen LogP contribution is 2.32. The molecule has 1 fully saturated rings. The van der Waals surface area contributed by atoms with Crippen LogP contribution in [0.4, 0.5) is 0 Å². The normalized spacial score (nSPS) is 38.2. The lowest BCUT2D eigenvalue weighted by atomic mass is 9.76. The summed E-state index contributed by atoms with van der Waals surface area (Å²) in [7, 11) is 0. The van der Waals surface area contributed by atoms with Crippen LogP contribution in [0.2, 0.25) is 0 Å². The van der Waals surface area contributed by atoms with Gasteiger partial charge in [-0.15, -0.1) is 0 Å². The summed E-state index contributed by atoms with van der Waals surface area (Å²) in [5.74, 6) is 4.88. The third kappa shape index (κ3) is 2.27. The average molecular weight is 204 g/mol. The summed E-state index contributed by atoms with van der Waals surface area (Å²) in [5.41, 5.74) is 0. The van der Waals surface area contributed by atoms with Crippen LogP contribution >= 0.6 is 0 Å². The molecule has 1 aliphatic carbocycles. The molecule has 14 heavy (non-hydrogen) atoms. The molecule has 0 heterocycles. The van der Waals surface area contributed by atoms with E-state index < -0.39 is 12.1 Å². The fraction of sp³-hybridized carbons (Fsp3) is 1.00. The fourth-order valence-corrected chi connectivity index (χ4v) is 2.01. The highest BCUT2D eigenvalue weighted by molar-refractivity contribution is 4.89. The third-order valence-corrected chi connectivity index (χ3v) is 2.95. The Hall–Kier alpha value is -0.560. The summed E-state index contributed by atoms with van der Waals surface area (Å²) in [5, 5.41) is 21.0. The predicted octanol–water partition coefficient (Wildman–Crippen LogP) is -0.609. The monoisotopic (exact) mass is 204 g/mol. The van der Waals surface area contributed by atoms with E-state index in [4.69, 9.17) is 16.1 Å². The summed E-state index contributed by atoms with van der Waals surface area (Å²) in [4.78, 5) is 15.1. The van der Waals surface area contributed by atoms with E-state index in [1.165, 1.54) is 0 Å². The summed E-state index contributed by atoms with van der Waals surface area (Å²) in [6.45, 7) is -0.0782. The summed E-state index contributed by atoms with van der Waals surface area (Å²) in [6, 6.07) is -0.514. The molecule has 6 nitrogen and oxygen atoms in total. The van der Waals surface area contributed by atoms with Gasteiger partial charge in [0.05, 0.1) is 0 Å². The highest BCUT2D eigenvalue weighted by atomic mass is 16.6. The summed E-state index contributed by atoms with van der Waals surface area (Å²) >= 11 is 0. The molecule has 4 N–H and O–H groups in total. The van der Waals surface area contributed by atoms with E-state index in [1.807, 2.05) is 0 Å². The van der Waals surface area contributed by atoms with E-state index in [2.05, 4.69) is 10.0 Å². The molecule has 0 bridgehead atoms. The van der Waals surface area contributed by atoms with Crippen molar-refractivity contribution < 1.29 is 15.1 Å². The van der Waals surface area contributed by atoms with E-state index in [1.54, 1.807) is 0 Å². The lowest BCUT2D eigenvalue weighted by Crippen LogP contribution is -2.43. The van der Waals surface area contributed by atoms with Gasteiger partial charge in [-0.25, -0.2) is 5.90 Å². The summed E-state index contributed by atoms with van der Waals surface area (Å²) in [6.07, 6.45) is 0.453. The van der Waals surface area contributed by atoms with Crippen LogP contribution < -0.4 is 5.90 Å². The molecule has 1 rings (SSSR count). The Balaban J connectivity index is 2.64. The van der Waals surface area contributed by atoms with Crippen LogP contribution in [0.5, 0.6) is 0 Å². The number of rotatable bonds is 4. The van der Waals surface area contributed by atoms with Crippen LogP contribution in [-0.2, 0) is 4.84 Å². The number of hydrogen-bond acceptors (Lipinski definition) is 6. The molecule has 82 valence electrons. The van der Waals surface area contributed by atoms with Crippen LogP contribution in [-0.4, -0.2) is 35.6 Å². The maximum Gasteiger partial charge on any atom is 0.120 e. The van der Waals surface area contributed by atoms with E-state index in [-0.39, 0.29) is 25.0 Å². The minimum atomic E-state index is -0.514. The Labute approximate surface area is 82.0 Å². The number of nitrogens with two attached hydrogens (primary N) is 1. The summed E-state index contributed by atoms with van der Waals surface area (Å²) < 4.78 is 0. The lowest BCUT2D eigenvalue weighted by Gasteiger charge is -2.35. The topological polar surface area (TPSA) is 105 Å². The fourth-order valence-electron chi connectivity index (χ4n) is 2.01. The van der Waals surface area contributed by atoms with Crippen molar-refractivity contribution in [2.45, 2.75) is 25.0 Å². The van der Waals surface area contributed by atoms with Gasteiger partial charge in [0.15, 0.2) is 0 Å². The molecule has 4 atom stereocenters. The zero-order valence-electron chi connectivity index (χ0n) is 7.87. The van der Waals surface area contributed by atoms with Gasteiger partial charge in [-0.3, -0.25) is 4.84 Å². The Morgan fingerprint density at radius 3 is 2.29 bits per heavy atom. The van der Waals surface area contributed by atoms with Gasteiger partial charge < -0.3 is 10.2 Å². The molecule has 0 aromatic rings. The van der Waals surface area contributed by atoms with Crippen molar-refractivity contribution in [1.29, 1.82) is 0 Å². The van der Waals surface area contributed by atoms with Crippen molar-refractivity contribution in [3.63, 3.8) is 0 Å². The quantitative estimate of drug-likeness (QED) is 0.418. The number of hydrogen-bond donors (Lipinski definition) is 3. The van der Waals surface area contributed by atoms with Gasteiger partial charge in [-0.2, -0.15) is 4.91 Å². The van der Waals surface area contributed by atoms with Crippen LogP contribution in [0.3, 0.4) is 0 Å². The maximum absolute atomic E-state index is 10.5. The first-order valence-corrected chi connectivity index (χ1v) is 4.66. The van der Waals surface area contributed by atoms with Crippen molar-refractivity contribution in [3.8, 4) is 0 Å². The van der Waals surface area contributed by atoms with E-state index in [0.29, 0.717) is 12.8 Å². The van der Waals surface area contributed by atoms with Gasteiger partial charge in [-0.1, -0.05) is 5.18 Å². The molecule has 1 saturated carbocycles. The van der Waals surface area contributed by atoms with Gasteiger partial charge in [0.25, 0.3) is 0 Å². The van der Waals surface area contributed by atoms with Crippen molar-refractivity contribution in [2.75, 3.05) is 13.2 Å². The van der Waals surface area contributed by atoms with E-state index in [0.717, 1.165) is 0 Å².